The molecule has 0 radical (unpaired) electrons. The van der Waals surface area contributed by atoms with Gasteiger partial charge in [0, 0.05) is 19.3 Å². The lowest BCUT2D eigenvalue weighted by molar-refractivity contribution is 0.0489. The van der Waals surface area contributed by atoms with Crippen LogP contribution in [0, 0.1) is 5.92 Å². The van der Waals surface area contributed by atoms with Crippen LogP contribution in [0.3, 0.4) is 0 Å². The second-order valence-electron chi connectivity index (χ2n) is 4.76. The number of pyridine rings is 1. The van der Waals surface area contributed by atoms with Crippen LogP contribution in [0.1, 0.15) is 26.2 Å². The molecular formula is C14H22N2O3. The maximum absolute atomic E-state index is 5.81. The molecule has 0 aliphatic carbocycles. The first-order valence-corrected chi connectivity index (χ1v) is 6.89. The van der Waals surface area contributed by atoms with Crippen molar-refractivity contribution in [2.75, 3.05) is 32.2 Å². The molecule has 0 unspecified atom stereocenters. The van der Waals surface area contributed by atoms with Gasteiger partial charge in [0.1, 0.15) is 0 Å². The van der Waals surface area contributed by atoms with Gasteiger partial charge in [-0.25, -0.2) is 0 Å². The molecule has 0 saturated carbocycles. The minimum atomic E-state index is 0.464. The van der Waals surface area contributed by atoms with Gasteiger partial charge in [-0.05, 0) is 31.2 Å². The number of nitrogens with zero attached hydrogens (tertiary/aromatic N) is 1. The second kappa shape index (κ2) is 7.19. The molecule has 5 heteroatoms. The van der Waals surface area contributed by atoms with Crippen LogP contribution in [0.5, 0.6) is 11.8 Å². The average Bonchev–Trinajstić information content (AvgIpc) is 2.46. The summed E-state index contributed by atoms with van der Waals surface area (Å²) in [5.41, 5.74) is 6.36. The number of ether oxygens (including phenoxy) is 3. The normalized spacial score (nSPS) is 16.3. The Morgan fingerprint density at radius 2 is 2.11 bits per heavy atom. The molecule has 0 bridgehead atoms. The molecule has 0 amide bonds. The lowest BCUT2D eigenvalue weighted by Gasteiger charge is -2.21. The van der Waals surface area contributed by atoms with Crippen molar-refractivity contribution in [3.8, 4) is 11.8 Å². The van der Waals surface area contributed by atoms with Crippen LogP contribution >= 0.6 is 0 Å². The zero-order valence-electron chi connectivity index (χ0n) is 11.4. The number of rotatable bonds is 6. The van der Waals surface area contributed by atoms with Crippen LogP contribution in [0.4, 0.5) is 5.69 Å². The minimum absolute atomic E-state index is 0.464. The Labute approximate surface area is 114 Å². The molecule has 2 N–H and O–H groups in total. The van der Waals surface area contributed by atoms with Gasteiger partial charge in [0.05, 0.1) is 18.9 Å². The van der Waals surface area contributed by atoms with E-state index in [1.807, 2.05) is 6.92 Å². The molecule has 106 valence electrons. The van der Waals surface area contributed by atoms with E-state index in [4.69, 9.17) is 19.9 Å². The Bertz CT molecular complexity index is 392. The summed E-state index contributed by atoms with van der Waals surface area (Å²) in [6.45, 7) is 4.98. The molecule has 1 aliphatic heterocycles. The van der Waals surface area contributed by atoms with Crippen molar-refractivity contribution in [3.05, 3.63) is 12.1 Å². The number of nitrogen functional groups attached to an aromatic ring is 1. The third-order valence-electron chi connectivity index (χ3n) is 3.11. The third-order valence-corrected chi connectivity index (χ3v) is 3.11. The van der Waals surface area contributed by atoms with Crippen LogP contribution in [-0.2, 0) is 4.74 Å². The van der Waals surface area contributed by atoms with Crippen molar-refractivity contribution in [1.82, 2.24) is 4.98 Å². The topological polar surface area (TPSA) is 66.6 Å². The number of nitrogens with two attached hydrogens (primary N) is 1. The first-order chi connectivity index (χ1) is 9.29. The number of hydrogen-bond donors (Lipinski definition) is 1. The van der Waals surface area contributed by atoms with E-state index in [2.05, 4.69) is 4.98 Å². The maximum Gasteiger partial charge on any atom is 0.240 e. The van der Waals surface area contributed by atoms with Gasteiger partial charge in [-0.2, -0.15) is 4.98 Å². The van der Waals surface area contributed by atoms with Crippen molar-refractivity contribution < 1.29 is 14.2 Å². The molecule has 19 heavy (non-hydrogen) atoms. The fourth-order valence-electron chi connectivity index (χ4n) is 1.95. The first kappa shape index (κ1) is 13.9. The molecule has 2 rings (SSSR count). The van der Waals surface area contributed by atoms with Crippen molar-refractivity contribution in [2.45, 2.75) is 26.2 Å². The molecule has 1 aromatic rings. The second-order valence-corrected chi connectivity index (χ2v) is 4.76. The van der Waals surface area contributed by atoms with Crippen LogP contribution in [-0.4, -0.2) is 31.4 Å². The average molecular weight is 266 g/mol. The monoisotopic (exact) mass is 266 g/mol. The first-order valence-electron chi connectivity index (χ1n) is 6.89. The maximum atomic E-state index is 5.81. The third kappa shape index (κ3) is 4.28. The minimum Gasteiger partial charge on any atom is -0.477 e. The van der Waals surface area contributed by atoms with Crippen LogP contribution in [0.25, 0.3) is 0 Å². The summed E-state index contributed by atoms with van der Waals surface area (Å²) in [7, 11) is 0. The molecule has 1 aromatic heterocycles. The molecule has 1 saturated heterocycles. The van der Waals surface area contributed by atoms with Crippen molar-refractivity contribution in [2.24, 2.45) is 5.92 Å². The molecule has 0 aromatic carbocycles. The van der Waals surface area contributed by atoms with Crippen LogP contribution in [0.15, 0.2) is 12.1 Å². The van der Waals surface area contributed by atoms with E-state index in [1.165, 1.54) is 0 Å². The van der Waals surface area contributed by atoms with Gasteiger partial charge in [0.25, 0.3) is 0 Å². The van der Waals surface area contributed by atoms with Crippen LogP contribution in [0.2, 0.25) is 0 Å². The highest BCUT2D eigenvalue weighted by Crippen LogP contribution is 2.23. The Balaban J connectivity index is 1.88. The smallest absolute Gasteiger partial charge is 0.240 e. The highest BCUT2D eigenvalue weighted by Gasteiger charge is 2.15. The van der Waals surface area contributed by atoms with Gasteiger partial charge >= 0.3 is 0 Å². The Morgan fingerprint density at radius 3 is 2.84 bits per heavy atom. The Hall–Kier alpha value is -1.49. The fraction of sp³-hybridized carbons (Fsp3) is 0.643. The van der Waals surface area contributed by atoms with E-state index in [0.29, 0.717) is 36.6 Å². The van der Waals surface area contributed by atoms with Gasteiger partial charge in [-0.15, -0.1) is 0 Å². The Morgan fingerprint density at radius 1 is 1.32 bits per heavy atom. The molecule has 5 nitrogen and oxygen atoms in total. The SMILES string of the molecule is CCCOc1nc(OCC2CCOCC2)ccc1N. The van der Waals surface area contributed by atoms with Gasteiger partial charge in [0.2, 0.25) is 11.8 Å². The summed E-state index contributed by atoms with van der Waals surface area (Å²) >= 11 is 0. The van der Waals surface area contributed by atoms with Crippen LogP contribution < -0.4 is 15.2 Å². The molecular weight excluding hydrogens is 244 g/mol. The van der Waals surface area contributed by atoms with E-state index in [9.17, 15) is 0 Å². The number of anilines is 1. The summed E-state index contributed by atoms with van der Waals surface area (Å²) in [5, 5.41) is 0. The van der Waals surface area contributed by atoms with Crippen molar-refractivity contribution >= 4 is 5.69 Å². The molecule has 0 atom stereocenters. The summed E-state index contributed by atoms with van der Waals surface area (Å²) in [6, 6.07) is 3.56. The highest BCUT2D eigenvalue weighted by atomic mass is 16.5. The molecule has 2 heterocycles. The van der Waals surface area contributed by atoms with Gasteiger partial charge < -0.3 is 19.9 Å². The van der Waals surface area contributed by atoms with E-state index >= 15 is 0 Å². The summed E-state index contributed by atoms with van der Waals surface area (Å²) in [4.78, 5) is 4.29. The number of aromatic nitrogens is 1. The van der Waals surface area contributed by atoms with E-state index in [1.54, 1.807) is 12.1 Å². The fourth-order valence-corrected chi connectivity index (χ4v) is 1.95. The van der Waals surface area contributed by atoms with Crippen molar-refractivity contribution in [1.29, 1.82) is 0 Å². The largest absolute Gasteiger partial charge is 0.477 e. The predicted octanol–water partition coefficient (Wildman–Crippen LogP) is 2.26. The zero-order valence-corrected chi connectivity index (χ0v) is 11.4. The molecule has 1 fully saturated rings. The highest BCUT2D eigenvalue weighted by molar-refractivity contribution is 5.49. The summed E-state index contributed by atoms with van der Waals surface area (Å²) in [5.74, 6) is 1.59. The van der Waals surface area contributed by atoms with Gasteiger partial charge in [-0.1, -0.05) is 6.92 Å². The van der Waals surface area contributed by atoms with Gasteiger partial charge in [0.15, 0.2) is 0 Å². The zero-order chi connectivity index (χ0) is 13.5. The Kier molecular flexibility index (Phi) is 5.27. The summed E-state index contributed by atoms with van der Waals surface area (Å²) in [6.07, 6.45) is 3.02. The van der Waals surface area contributed by atoms with E-state index in [-0.39, 0.29) is 0 Å². The molecule has 0 spiro atoms. The van der Waals surface area contributed by atoms with E-state index < -0.39 is 0 Å². The lowest BCUT2D eigenvalue weighted by atomic mass is 10.0. The summed E-state index contributed by atoms with van der Waals surface area (Å²) < 4.78 is 16.5. The van der Waals surface area contributed by atoms with Crippen molar-refractivity contribution in [3.63, 3.8) is 0 Å². The standard InChI is InChI=1S/C14H22N2O3/c1-2-7-18-14-12(15)3-4-13(16-14)19-10-11-5-8-17-9-6-11/h3-4,11H,2,5-10,15H2,1H3. The van der Waals surface area contributed by atoms with Gasteiger partial charge in [-0.3, -0.25) is 0 Å². The molecule has 1 aliphatic rings. The lowest BCUT2D eigenvalue weighted by Crippen LogP contribution is -2.21. The van der Waals surface area contributed by atoms with E-state index in [0.717, 1.165) is 32.5 Å². The predicted molar refractivity (Wildman–Crippen MR) is 73.5 cm³/mol. The number of hydrogen-bond acceptors (Lipinski definition) is 5. The quantitative estimate of drug-likeness (QED) is 0.855.